The molecule has 0 unspecified atom stereocenters. The van der Waals surface area contributed by atoms with Crippen molar-refractivity contribution in [2.24, 2.45) is 5.11 Å². The number of halogens is 1. The van der Waals surface area contributed by atoms with Gasteiger partial charge in [-0.15, -0.1) is 0 Å². The van der Waals surface area contributed by atoms with Crippen LogP contribution in [0.5, 0.6) is 0 Å². The highest BCUT2D eigenvalue weighted by Gasteiger charge is 1.94. The van der Waals surface area contributed by atoms with Gasteiger partial charge < -0.3 is 0 Å². The Morgan fingerprint density at radius 3 is 3.00 bits per heavy atom. The third kappa shape index (κ3) is 3.95. The molecule has 0 saturated heterocycles. The van der Waals surface area contributed by atoms with Crippen LogP contribution in [0.3, 0.4) is 0 Å². The number of aryl methyl sites for hydroxylation is 1. The van der Waals surface area contributed by atoms with Gasteiger partial charge in [0, 0.05) is 28.5 Å². The van der Waals surface area contributed by atoms with E-state index in [1.54, 1.807) is 0 Å². The molecule has 4 heteroatoms. The largest absolute Gasteiger partial charge is 0.0978 e. The van der Waals surface area contributed by atoms with Gasteiger partial charge in [-0.3, -0.25) is 0 Å². The lowest BCUT2D eigenvalue weighted by Gasteiger charge is -1.96. The van der Waals surface area contributed by atoms with E-state index in [1.807, 2.05) is 25.1 Å². The molecule has 0 fully saturated rings. The first-order valence-corrected chi connectivity index (χ1v) is 4.87. The van der Waals surface area contributed by atoms with E-state index >= 15 is 0 Å². The summed E-state index contributed by atoms with van der Waals surface area (Å²) in [4.78, 5) is 2.64. The summed E-state index contributed by atoms with van der Waals surface area (Å²) in [7, 11) is 0. The van der Waals surface area contributed by atoms with Crippen LogP contribution >= 0.6 is 11.6 Å². The molecule has 0 amide bonds. The summed E-state index contributed by atoms with van der Waals surface area (Å²) in [5.74, 6) is 5.86. The molecule has 0 aliphatic rings. The maximum Gasteiger partial charge on any atom is 0.0447 e. The van der Waals surface area contributed by atoms with Crippen molar-refractivity contribution in [1.82, 2.24) is 0 Å². The molecule has 0 aliphatic carbocycles. The fourth-order valence-electron chi connectivity index (χ4n) is 0.986. The fraction of sp³-hybridized carbons (Fsp3) is 0.273. The number of nitrogens with zero attached hydrogens (tertiary/aromatic N) is 3. The third-order valence-electron chi connectivity index (χ3n) is 1.80. The van der Waals surface area contributed by atoms with Crippen molar-refractivity contribution < 1.29 is 0 Å². The molecule has 1 aromatic rings. The summed E-state index contributed by atoms with van der Waals surface area (Å²) in [6, 6.07) is 5.68. The van der Waals surface area contributed by atoms with Crippen LogP contribution in [0, 0.1) is 18.8 Å². The van der Waals surface area contributed by atoms with Gasteiger partial charge in [-0.05, 0) is 30.2 Å². The Morgan fingerprint density at radius 1 is 1.53 bits per heavy atom. The van der Waals surface area contributed by atoms with Crippen molar-refractivity contribution in [2.75, 3.05) is 6.54 Å². The second kappa shape index (κ2) is 5.98. The van der Waals surface area contributed by atoms with Crippen LogP contribution in [0.25, 0.3) is 10.4 Å². The molecular formula is C11H10ClN3. The van der Waals surface area contributed by atoms with Crippen molar-refractivity contribution >= 4 is 11.6 Å². The summed E-state index contributed by atoms with van der Waals surface area (Å²) in [6.45, 7) is 2.35. The van der Waals surface area contributed by atoms with Gasteiger partial charge in [0.2, 0.25) is 0 Å². The first-order valence-electron chi connectivity index (χ1n) is 4.50. The first-order chi connectivity index (χ1) is 7.24. The van der Waals surface area contributed by atoms with Crippen molar-refractivity contribution in [3.05, 3.63) is 44.8 Å². The zero-order valence-electron chi connectivity index (χ0n) is 8.37. The topological polar surface area (TPSA) is 48.8 Å². The number of hydrogen-bond acceptors (Lipinski definition) is 1. The van der Waals surface area contributed by atoms with E-state index in [-0.39, 0.29) is 0 Å². The second-order valence-electron chi connectivity index (χ2n) is 2.97. The SMILES string of the molecule is Cc1ccc(C#CCCN=[N+]=[N-])cc1Cl. The van der Waals surface area contributed by atoms with Crippen LogP contribution in [-0.4, -0.2) is 6.54 Å². The number of benzene rings is 1. The molecule has 0 spiro atoms. The molecule has 0 aromatic heterocycles. The summed E-state index contributed by atoms with van der Waals surface area (Å²) in [6.07, 6.45) is 0.565. The highest BCUT2D eigenvalue weighted by Crippen LogP contribution is 2.15. The molecule has 76 valence electrons. The number of azide groups is 1. The van der Waals surface area contributed by atoms with Crippen molar-refractivity contribution in [1.29, 1.82) is 0 Å². The van der Waals surface area contributed by atoms with Gasteiger partial charge in [0.25, 0.3) is 0 Å². The van der Waals surface area contributed by atoms with Crippen molar-refractivity contribution in [3.63, 3.8) is 0 Å². The highest BCUT2D eigenvalue weighted by atomic mass is 35.5. The highest BCUT2D eigenvalue weighted by molar-refractivity contribution is 6.31. The molecule has 0 heterocycles. The lowest BCUT2D eigenvalue weighted by molar-refractivity contribution is 1.01. The molecular weight excluding hydrogens is 210 g/mol. The summed E-state index contributed by atoms with van der Waals surface area (Å²) in [5.41, 5.74) is 9.96. The third-order valence-corrected chi connectivity index (χ3v) is 2.21. The molecule has 15 heavy (non-hydrogen) atoms. The molecule has 0 aliphatic heterocycles. The van der Waals surface area contributed by atoms with Crippen LogP contribution in [0.15, 0.2) is 23.3 Å². The minimum atomic E-state index is 0.406. The zero-order chi connectivity index (χ0) is 11.1. The van der Waals surface area contributed by atoms with Crippen LogP contribution in [0.1, 0.15) is 17.5 Å². The fourth-order valence-corrected chi connectivity index (χ4v) is 1.17. The van der Waals surface area contributed by atoms with Crippen molar-refractivity contribution in [3.8, 4) is 11.8 Å². The Labute approximate surface area is 93.7 Å². The molecule has 1 aromatic carbocycles. The summed E-state index contributed by atoms with van der Waals surface area (Å²) < 4.78 is 0. The van der Waals surface area contributed by atoms with Gasteiger partial charge in [-0.25, -0.2) is 0 Å². The van der Waals surface area contributed by atoms with E-state index in [0.717, 1.165) is 16.1 Å². The summed E-state index contributed by atoms with van der Waals surface area (Å²) in [5, 5.41) is 4.11. The average molecular weight is 220 g/mol. The Balaban J connectivity index is 2.64. The molecule has 0 N–H and O–H groups in total. The van der Waals surface area contributed by atoms with Gasteiger partial charge in [-0.1, -0.05) is 34.6 Å². The van der Waals surface area contributed by atoms with Gasteiger partial charge in [-0.2, -0.15) is 0 Å². The Hall–Kier alpha value is -1.62. The number of hydrogen-bond donors (Lipinski definition) is 0. The van der Waals surface area contributed by atoms with Crippen LogP contribution < -0.4 is 0 Å². The minimum Gasteiger partial charge on any atom is -0.0978 e. The van der Waals surface area contributed by atoms with Gasteiger partial charge in [0.15, 0.2) is 0 Å². The van der Waals surface area contributed by atoms with E-state index in [9.17, 15) is 0 Å². The predicted octanol–water partition coefficient (Wildman–Crippen LogP) is 3.70. The summed E-state index contributed by atoms with van der Waals surface area (Å²) >= 11 is 5.94. The Bertz CT molecular complexity index is 451. The molecule has 0 bridgehead atoms. The van der Waals surface area contributed by atoms with Gasteiger partial charge in [0.1, 0.15) is 0 Å². The van der Waals surface area contributed by atoms with Crippen LogP contribution in [0.4, 0.5) is 0 Å². The molecule has 0 radical (unpaired) electrons. The maximum absolute atomic E-state index is 8.04. The Kier molecular flexibility index (Phi) is 4.56. The second-order valence-corrected chi connectivity index (χ2v) is 3.38. The lowest BCUT2D eigenvalue weighted by Crippen LogP contribution is -1.79. The van der Waals surface area contributed by atoms with Crippen molar-refractivity contribution in [2.45, 2.75) is 13.3 Å². The standard InChI is InChI=1S/C11H10ClN3/c1-9-5-6-10(8-11(9)12)4-2-3-7-14-15-13/h5-6,8H,3,7H2,1H3. The monoisotopic (exact) mass is 219 g/mol. The van der Waals surface area contributed by atoms with Crippen LogP contribution in [0.2, 0.25) is 5.02 Å². The molecule has 0 saturated carbocycles. The molecule has 0 atom stereocenters. The number of rotatable bonds is 2. The smallest absolute Gasteiger partial charge is 0.0447 e. The normalized spacial score (nSPS) is 8.67. The lowest BCUT2D eigenvalue weighted by atomic mass is 10.1. The van der Waals surface area contributed by atoms with E-state index < -0.39 is 0 Å². The van der Waals surface area contributed by atoms with E-state index in [1.165, 1.54) is 0 Å². The quantitative estimate of drug-likeness (QED) is 0.239. The van der Waals surface area contributed by atoms with E-state index in [2.05, 4.69) is 21.9 Å². The molecule has 1 rings (SSSR count). The minimum absolute atomic E-state index is 0.406. The maximum atomic E-state index is 8.04. The van der Waals surface area contributed by atoms with Gasteiger partial charge >= 0.3 is 0 Å². The average Bonchev–Trinajstić information content (AvgIpc) is 2.23. The predicted molar refractivity (Wildman–Crippen MR) is 61.7 cm³/mol. The first kappa shape index (κ1) is 11.5. The zero-order valence-corrected chi connectivity index (χ0v) is 9.12. The Morgan fingerprint density at radius 2 is 2.33 bits per heavy atom. The van der Waals surface area contributed by atoms with Crippen LogP contribution in [-0.2, 0) is 0 Å². The molecule has 3 nitrogen and oxygen atoms in total. The van der Waals surface area contributed by atoms with Gasteiger partial charge in [0.05, 0.1) is 0 Å². The van der Waals surface area contributed by atoms with E-state index in [0.29, 0.717) is 13.0 Å². The van der Waals surface area contributed by atoms with E-state index in [4.69, 9.17) is 17.1 Å².